The molecule has 0 heterocycles. The number of hydrogen-bond donors (Lipinski definition) is 1. The number of halogens is 5. The molecule has 8 heteroatoms. The second-order valence-corrected chi connectivity index (χ2v) is 3.52. The van der Waals surface area contributed by atoms with Gasteiger partial charge in [-0.05, 0) is 0 Å². The predicted octanol–water partition coefficient (Wildman–Crippen LogP) is 1.49. The maximum atomic E-state index is 12.8. The first kappa shape index (κ1) is 11.9. The van der Waals surface area contributed by atoms with Gasteiger partial charge in [0, 0.05) is 5.56 Å². The molecule has 1 rings (SSSR count). The van der Waals surface area contributed by atoms with Gasteiger partial charge < -0.3 is 0 Å². The van der Waals surface area contributed by atoms with Gasteiger partial charge >= 0.3 is 0 Å². The van der Waals surface area contributed by atoms with E-state index in [1.165, 1.54) is 0 Å². The van der Waals surface area contributed by atoms with Gasteiger partial charge in [0.25, 0.3) is 0 Å². The summed E-state index contributed by atoms with van der Waals surface area (Å²) in [6.45, 7) is 0. The molecular weight excluding hydrogens is 243 g/mol. The monoisotopic (exact) mass is 246 g/mol. The first-order valence-corrected chi connectivity index (χ1v) is 4.84. The van der Waals surface area contributed by atoms with Gasteiger partial charge in [-0.3, -0.25) is 0 Å². The molecule has 0 radical (unpaired) electrons. The summed E-state index contributed by atoms with van der Waals surface area (Å²) in [6, 6.07) is 0. The minimum atomic E-state index is -3.28. The van der Waals surface area contributed by atoms with E-state index in [1.54, 1.807) is 0 Å². The SMILES string of the molecule is O=[SH](=O)Cc1c(F)c(F)c(F)c(F)c1F. The molecule has 0 bridgehead atoms. The lowest BCUT2D eigenvalue weighted by atomic mass is 10.2. The maximum absolute atomic E-state index is 12.8. The molecule has 0 aliphatic rings. The van der Waals surface area contributed by atoms with Crippen LogP contribution in [0, 0.1) is 29.1 Å². The summed E-state index contributed by atoms with van der Waals surface area (Å²) in [5.74, 6) is -12.1. The Kier molecular flexibility index (Phi) is 3.28. The fraction of sp³-hybridized carbons (Fsp3) is 0.143. The van der Waals surface area contributed by atoms with E-state index >= 15 is 0 Å². The zero-order valence-electron chi connectivity index (χ0n) is 6.86. The van der Waals surface area contributed by atoms with Crippen molar-refractivity contribution in [3.05, 3.63) is 34.6 Å². The molecule has 1 aromatic carbocycles. The Morgan fingerprint density at radius 2 is 1.07 bits per heavy atom. The summed E-state index contributed by atoms with van der Waals surface area (Å²) in [5, 5.41) is 0. The molecule has 0 saturated carbocycles. The van der Waals surface area contributed by atoms with Crippen LogP contribution in [-0.4, -0.2) is 8.42 Å². The van der Waals surface area contributed by atoms with Crippen molar-refractivity contribution in [2.45, 2.75) is 5.75 Å². The van der Waals surface area contributed by atoms with Gasteiger partial charge in [0.2, 0.25) is 5.82 Å². The minimum Gasteiger partial charge on any atom is -0.232 e. The summed E-state index contributed by atoms with van der Waals surface area (Å²) < 4.78 is 83.3. The van der Waals surface area contributed by atoms with Crippen LogP contribution in [0.1, 0.15) is 5.56 Å². The predicted molar refractivity (Wildman–Crippen MR) is 40.3 cm³/mol. The number of hydrogen-bond acceptors (Lipinski definition) is 2. The van der Waals surface area contributed by atoms with Crippen molar-refractivity contribution >= 4 is 10.7 Å². The average molecular weight is 246 g/mol. The summed E-state index contributed by atoms with van der Waals surface area (Å²) >= 11 is 0. The van der Waals surface area contributed by atoms with Gasteiger partial charge in [-0.2, -0.15) is 0 Å². The van der Waals surface area contributed by atoms with Crippen molar-refractivity contribution in [3.8, 4) is 0 Å². The molecular formula is C7H3F5O2S. The fourth-order valence-electron chi connectivity index (χ4n) is 0.918. The van der Waals surface area contributed by atoms with Crippen LogP contribution >= 0.6 is 0 Å². The van der Waals surface area contributed by atoms with Crippen LogP contribution in [0.15, 0.2) is 0 Å². The van der Waals surface area contributed by atoms with E-state index in [-0.39, 0.29) is 0 Å². The molecule has 15 heavy (non-hydrogen) atoms. The second-order valence-electron chi connectivity index (χ2n) is 2.54. The molecule has 0 amide bonds. The second kappa shape index (κ2) is 4.13. The van der Waals surface area contributed by atoms with E-state index in [2.05, 4.69) is 0 Å². The fourth-order valence-corrected chi connectivity index (χ4v) is 1.45. The van der Waals surface area contributed by atoms with Gasteiger partial charge in [-0.1, -0.05) is 0 Å². The highest BCUT2D eigenvalue weighted by molar-refractivity contribution is 7.71. The molecule has 0 N–H and O–H groups in total. The van der Waals surface area contributed by atoms with Gasteiger partial charge in [-0.15, -0.1) is 0 Å². The van der Waals surface area contributed by atoms with E-state index in [0.29, 0.717) is 0 Å². The third-order valence-corrected chi connectivity index (χ3v) is 2.16. The first-order chi connectivity index (χ1) is 6.86. The third-order valence-electron chi connectivity index (χ3n) is 1.59. The standard InChI is InChI=1S/C7H3F5O2S/c8-3-2(1-15(13)14)4(9)6(11)7(12)5(3)10/h15H,1H2. The average Bonchev–Trinajstić information content (AvgIpc) is 2.18. The number of thiol groups is 1. The highest BCUT2D eigenvalue weighted by atomic mass is 32.2. The Morgan fingerprint density at radius 3 is 1.40 bits per heavy atom. The van der Waals surface area contributed by atoms with Crippen LogP contribution in [0.2, 0.25) is 0 Å². The van der Waals surface area contributed by atoms with Crippen LogP contribution in [-0.2, 0) is 16.5 Å². The molecule has 0 aromatic heterocycles. The zero-order chi connectivity index (χ0) is 11.7. The molecule has 0 aliphatic carbocycles. The van der Waals surface area contributed by atoms with Gasteiger partial charge in [-0.25, -0.2) is 30.4 Å². The number of rotatable bonds is 2. The maximum Gasteiger partial charge on any atom is 0.200 e. The summed E-state index contributed by atoms with van der Waals surface area (Å²) in [6.07, 6.45) is 0. The summed E-state index contributed by atoms with van der Waals surface area (Å²) in [5.41, 5.74) is -1.34. The van der Waals surface area contributed by atoms with E-state index in [4.69, 9.17) is 0 Å². The molecule has 0 spiro atoms. The molecule has 1 aromatic rings. The lowest BCUT2D eigenvalue weighted by Gasteiger charge is -2.04. The highest BCUT2D eigenvalue weighted by Crippen LogP contribution is 2.23. The number of benzene rings is 1. The van der Waals surface area contributed by atoms with E-state index in [0.717, 1.165) is 0 Å². The van der Waals surface area contributed by atoms with E-state index in [1.807, 2.05) is 0 Å². The van der Waals surface area contributed by atoms with Crippen molar-refractivity contribution in [2.75, 3.05) is 0 Å². The van der Waals surface area contributed by atoms with Crippen molar-refractivity contribution in [1.82, 2.24) is 0 Å². The van der Waals surface area contributed by atoms with E-state index in [9.17, 15) is 30.4 Å². The van der Waals surface area contributed by atoms with Crippen LogP contribution in [0.4, 0.5) is 22.0 Å². The molecule has 2 nitrogen and oxygen atoms in total. The Labute approximate surface area is 82.3 Å². The summed E-state index contributed by atoms with van der Waals surface area (Å²) in [7, 11) is -3.28. The van der Waals surface area contributed by atoms with Gasteiger partial charge in [0.1, 0.15) is 10.7 Å². The molecule has 0 atom stereocenters. The van der Waals surface area contributed by atoms with Crippen LogP contribution in [0.3, 0.4) is 0 Å². The molecule has 0 saturated heterocycles. The van der Waals surface area contributed by atoms with E-state index < -0.39 is 51.1 Å². The lowest BCUT2D eigenvalue weighted by Crippen LogP contribution is -2.07. The Balaban J connectivity index is 3.52. The Hall–Kier alpha value is -1.18. The van der Waals surface area contributed by atoms with Crippen molar-refractivity contribution in [3.63, 3.8) is 0 Å². The van der Waals surface area contributed by atoms with Gasteiger partial charge in [0.05, 0.1) is 5.75 Å². The highest BCUT2D eigenvalue weighted by Gasteiger charge is 2.25. The molecule has 0 aliphatic heterocycles. The van der Waals surface area contributed by atoms with Crippen molar-refractivity contribution in [2.24, 2.45) is 0 Å². The van der Waals surface area contributed by atoms with Crippen molar-refractivity contribution in [1.29, 1.82) is 0 Å². The van der Waals surface area contributed by atoms with Crippen LogP contribution in [0.5, 0.6) is 0 Å². The van der Waals surface area contributed by atoms with Crippen LogP contribution in [0.25, 0.3) is 0 Å². The van der Waals surface area contributed by atoms with Gasteiger partial charge in [0.15, 0.2) is 23.3 Å². The molecule has 84 valence electrons. The van der Waals surface area contributed by atoms with Crippen molar-refractivity contribution < 1.29 is 30.4 Å². The minimum absolute atomic E-state index is 1.23. The topological polar surface area (TPSA) is 34.1 Å². The molecule has 0 unspecified atom stereocenters. The largest absolute Gasteiger partial charge is 0.232 e. The zero-order valence-corrected chi connectivity index (χ0v) is 7.76. The Bertz CT molecular complexity index is 446. The smallest absolute Gasteiger partial charge is 0.200 e. The molecule has 0 fully saturated rings. The van der Waals surface area contributed by atoms with Crippen LogP contribution < -0.4 is 0 Å². The quantitative estimate of drug-likeness (QED) is 0.371. The Morgan fingerprint density at radius 1 is 0.733 bits per heavy atom. The first-order valence-electron chi connectivity index (χ1n) is 3.48. The normalized spacial score (nSPS) is 11.1. The third kappa shape index (κ3) is 2.09. The lowest BCUT2D eigenvalue weighted by molar-refractivity contribution is 0.372. The summed E-state index contributed by atoms with van der Waals surface area (Å²) in [4.78, 5) is 0.